The molecule has 2 heterocycles. The van der Waals surface area contributed by atoms with E-state index >= 15 is 0 Å². The second-order valence-corrected chi connectivity index (χ2v) is 8.30. The van der Waals surface area contributed by atoms with Gasteiger partial charge in [0.25, 0.3) is 5.91 Å². The fourth-order valence-corrected chi connectivity index (χ4v) is 3.28. The van der Waals surface area contributed by atoms with Gasteiger partial charge in [0.15, 0.2) is 0 Å². The standard InChI is InChI=1S/C21H28N4O3/c1-13-7-8-15(11-14(13)2)22-19(26)18-16-12-25(20(27)28-21(3,4)5)10-9-17(16)23-24(18)6/h7-8,11H,9-10,12H2,1-6H3,(H,22,26). The molecule has 7 nitrogen and oxygen atoms in total. The topological polar surface area (TPSA) is 76.5 Å². The van der Waals surface area contributed by atoms with Crippen molar-refractivity contribution in [2.45, 2.75) is 53.2 Å². The van der Waals surface area contributed by atoms with Crippen LogP contribution in [0.15, 0.2) is 18.2 Å². The second kappa shape index (κ2) is 7.30. The Morgan fingerprint density at radius 1 is 1.18 bits per heavy atom. The minimum atomic E-state index is -0.560. The number of carbonyl (C=O) groups excluding carboxylic acids is 2. The summed E-state index contributed by atoms with van der Waals surface area (Å²) in [6.07, 6.45) is 0.224. The van der Waals surface area contributed by atoms with Crippen LogP contribution in [-0.2, 0) is 24.8 Å². The molecule has 2 aromatic rings. The van der Waals surface area contributed by atoms with E-state index in [0.717, 1.165) is 22.5 Å². The number of hydrogen-bond donors (Lipinski definition) is 1. The van der Waals surface area contributed by atoms with Crippen LogP contribution in [0.5, 0.6) is 0 Å². The molecule has 1 aromatic carbocycles. The highest BCUT2D eigenvalue weighted by atomic mass is 16.6. The molecular weight excluding hydrogens is 356 g/mol. The Morgan fingerprint density at radius 2 is 1.89 bits per heavy atom. The molecule has 0 atom stereocenters. The van der Waals surface area contributed by atoms with Crippen molar-refractivity contribution in [1.29, 1.82) is 0 Å². The highest BCUT2D eigenvalue weighted by molar-refractivity contribution is 6.04. The van der Waals surface area contributed by atoms with Crippen LogP contribution in [0.4, 0.5) is 10.5 Å². The minimum Gasteiger partial charge on any atom is -0.444 e. The summed E-state index contributed by atoms with van der Waals surface area (Å²) in [6.45, 7) is 10.4. The third-order valence-electron chi connectivity index (χ3n) is 4.83. The molecule has 28 heavy (non-hydrogen) atoms. The number of nitrogens with zero attached hydrogens (tertiary/aromatic N) is 3. The van der Waals surface area contributed by atoms with Crippen molar-refractivity contribution in [2.75, 3.05) is 11.9 Å². The number of benzene rings is 1. The average molecular weight is 384 g/mol. The lowest BCUT2D eigenvalue weighted by atomic mass is 10.0. The zero-order chi connectivity index (χ0) is 20.6. The minimum absolute atomic E-state index is 0.231. The first kappa shape index (κ1) is 19.9. The molecule has 0 saturated heterocycles. The van der Waals surface area contributed by atoms with Crippen molar-refractivity contribution < 1.29 is 14.3 Å². The Morgan fingerprint density at radius 3 is 2.54 bits per heavy atom. The highest BCUT2D eigenvalue weighted by Gasteiger charge is 2.31. The number of hydrogen-bond acceptors (Lipinski definition) is 4. The SMILES string of the molecule is Cc1ccc(NC(=O)c2c3c(nn2C)CCN(C(=O)OC(C)(C)C)C3)cc1C. The number of carbonyl (C=O) groups is 2. The van der Waals surface area contributed by atoms with E-state index in [9.17, 15) is 9.59 Å². The number of nitrogens with one attached hydrogen (secondary N) is 1. The van der Waals surface area contributed by atoms with Crippen LogP contribution in [0.2, 0.25) is 0 Å². The summed E-state index contributed by atoms with van der Waals surface area (Å²) in [5.41, 5.74) is 4.57. The lowest BCUT2D eigenvalue weighted by molar-refractivity contribution is 0.0222. The van der Waals surface area contributed by atoms with Crippen molar-refractivity contribution in [3.63, 3.8) is 0 Å². The van der Waals surface area contributed by atoms with Gasteiger partial charge in [0, 0.05) is 31.3 Å². The van der Waals surface area contributed by atoms with Gasteiger partial charge in [-0.3, -0.25) is 9.48 Å². The predicted molar refractivity (Wildman–Crippen MR) is 107 cm³/mol. The van der Waals surface area contributed by atoms with Gasteiger partial charge in [0.05, 0.1) is 12.2 Å². The van der Waals surface area contributed by atoms with Gasteiger partial charge >= 0.3 is 6.09 Å². The smallest absolute Gasteiger partial charge is 0.410 e. The molecule has 1 aliphatic rings. The number of amides is 2. The van der Waals surface area contributed by atoms with E-state index in [1.165, 1.54) is 5.56 Å². The van der Waals surface area contributed by atoms with Crippen LogP contribution in [0.3, 0.4) is 0 Å². The fraction of sp³-hybridized carbons (Fsp3) is 0.476. The first-order chi connectivity index (χ1) is 13.0. The molecule has 0 bridgehead atoms. The molecule has 150 valence electrons. The van der Waals surface area contributed by atoms with Gasteiger partial charge in [-0.1, -0.05) is 6.07 Å². The first-order valence-electron chi connectivity index (χ1n) is 9.46. The molecule has 0 aliphatic carbocycles. The van der Waals surface area contributed by atoms with Crippen molar-refractivity contribution in [1.82, 2.24) is 14.7 Å². The van der Waals surface area contributed by atoms with E-state index in [0.29, 0.717) is 25.2 Å². The molecule has 2 amide bonds. The maximum atomic E-state index is 13.0. The second-order valence-electron chi connectivity index (χ2n) is 8.30. The number of ether oxygens (including phenoxy) is 1. The van der Waals surface area contributed by atoms with Crippen LogP contribution >= 0.6 is 0 Å². The van der Waals surface area contributed by atoms with Gasteiger partial charge in [-0.05, 0) is 57.9 Å². The molecule has 0 unspecified atom stereocenters. The molecule has 1 aliphatic heterocycles. The summed E-state index contributed by atoms with van der Waals surface area (Å²) in [6, 6.07) is 5.81. The summed E-state index contributed by atoms with van der Waals surface area (Å²) in [5.74, 6) is -0.231. The Kier molecular flexibility index (Phi) is 5.19. The summed E-state index contributed by atoms with van der Waals surface area (Å²) in [4.78, 5) is 27.0. The molecule has 1 N–H and O–H groups in total. The van der Waals surface area contributed by atoms with E-state index in [2.05, 4.69) is 10.4 Å². The Labute approximate surface area is 165 Å². The van der Waals surface area contributed by atoms with E-state index in [1.54, 1.807) is 16.6 Å². The van der Waals surface area contributed by atoms with E-state index in [1.807, 2.05) is 52.8 Å². The zero-order valence-corrected chi connectivity index (χ0v) is 17.4. The summed E-state index contributed by atoms with van der Waals surface area (Å²) in [5, 5.41) is 7.44. The monoisotopic (exact) mass is 384 g/mol. The van der Waals surface area contributed by atoms with Gasteiger partial charge in [0.2, 0.25) is 0 Å². The normalized spacial score (nSPS) is 13.9. The zero-order valence-electron chi connectivity index (χ0n) is 17.4. The number of rotatable bonds is 2. The number of aryl methyl sites for hydroxylation is 3. The van der Waals surface area contributed by atoms with E-state index in [4.69, 9.17) is 4.74 Å². The molecule has 0 saturated carbocycles. The third kappa shape index (κ3) is 4.18. The Balaban J connectivity index is 1.82. The Bertz CT molecular complexity index is 924. The Hall–Kier alpha value is -2.83. The first-order valence-corrected chi connectivity index (χ1v) is 9.46. The number of aromatic nitrogens is 2. The largest absolute Gasteiger partial charge is 0.444 e. The summed E-state index contributed by atoms with van der Waals surface area (Å²) in [7, 11) is 1.76. The lowest BCUT2D eigenvalue weighted by Crippen LogP contribution is -2.40. The van der Waals surface area contributed by atoms with Gasteiger partial charge in [-0.2, -0.15) is 5.10 Å². The van der Waals surface area contributed by atoms with Gasteiger partial charge in [-0.25, -0.2) is 4.79 Å². The molecule has 3 rings (SSSR count). The van der Waals surface area contributed by atoms with Crippen molar-refractivity contribution in [3.8, 4) is 0 Å². The van der Waals surface area contributed by atoms with Crippen LogP contribution < -0.4 is 5.32 Å². The van der Waals surface area contributed by atoms with Crippen LogP contribution in [0.25, 0.3) is 0 Å². The van der Waals surface area contributed by atoms with Crippen molar-refractivity contribution in [3.05, 3.63) is 46.3 Å². The predicted octanol–water partition coefficient (Wildman–Crippen LogP) is 3.58. The van der Waals surface area contributed by atoms with E-state index in [-0.39, 0.29) is 12.0 Å². The molecular formula is C21H28N4O3. The summed E-state index contributed by atoms with van der Waals surface area (Å²) < 4.78 is 7.08. The van der Waals surface area contributed by atoms with Crippen molar-refractivity contribution in [2.24, 2.45) is 7.05 Å². The molecule has 7 heteroatoms. The third-order valence-corrected chi connectivity index (χ3v) is 4.83. The maximum Gasteiger partial charge on any atom is 0.410 e. The number of anilines is 1. The average Bonchev–Trinajstić information content (AvgIpc) is 2.91. The maximum absolute atomic E-state index is 13.0. The van der Waals surface area contributed by atoms with Gasteiger partial charge < -0.3 is 15.0 Å². The summed E-state index contributed by atoms with van der Waals surface area (Å²) >= 11 is 0. The molecule has 0 spiro atoms. The van der Waals surface area contributed by atoms with E-state index < -0.39 is 5.60 Å². The quantitative estimate of drug-likeness (QED) is 0.859. The van der Waals surface area contributed by atoms with Crippen LogP contribution in [0.1, 0.15) is 53.6 Å². The van der Waals surface area contributed by atoms with Crippen molar-refractivity contribution >= 4 is 17.7 Å². The highest BCUT2D eigenvalue weighted by Crippen LogP contribution is 2.25. The fourth-order valence-electron chi connectivity index (χ4n) is 3.28. The van der Waals surface area contributed by atoms with Crippen LogP contribution in [-0.4, -0.2) is 38.8 Å². The molecule has 1 aromatic heterocycles. The lowest BCUT2D eigenvalue weighted by Gasteiger charge is -2.29. The molecule has 0 fully saturated rings. The number of fused-ring (bicyclic) bond motifs is 1. The van der Waals surface area contributed by atoms with Crippen LogP contribution in [0, 0.1) is 13.8 Å². The molecule has 0 radical (unpaired) electrons. The van der Waals surface area contributed by atoms with Gasteiger partial charge in [-0.15, -0.1) is 0 Å². The van der Waals surface area contributed by atoms with Gasteiger partial charge in [0.1, 0.15) is 11.3 Å².